The van der Waals surface area contributed by atoms with Gasteiger partial charge in [0.1, 0.15) is 0 Å². The smallest absolute Gasteiger partial charge is 0.0122 e. The number of hydrogen-bond donors (Lipinski definition) is 0. The van der Waals surface area contributed by atoms with Crippen molar-refractivity contribution >= 4 is 0 Å². The zero-order valence-corrected chi connectivity index (χ0v) is 9.80. The van der Waals surface area contributed by atoms with Gasteiger partial charge in [0.25, 0.3) is 0 Å². The highest BCUT2D eigenvalue weighted by Crippen LogP contribution is 2.19. The van der Waals surface area contributed by atoms with Gasteiger partial charge in [-0.3, -0.25) is 0 Å². The fraction of sp³-hybridized carbons (Fsp3) is 1.00. The minimum absolute atomic E-state index is 0.321. The van der Waals surface area contributed by atoms with Crippen molar-refractivity contribution in [1.29, 1.82) is 0 Å². The van der Waals surface area contributed by atoms with Crippen LogP contribution in [0.3, 0.4) is 0 Å². The van der Waals surface area contributed by atoms with Gasteiger partial charge in [-0.2, -0.15) is 0 Å². The molecule has 0 aromatic carbocycles. The Labute approximate surface area is 82.9 Å². The highest BCUT2D eigenvalue weighted by Gasteiger charge is 2.24. The van der Waals surface area contributed by atoms with Crippen molar-refractivity contribution in [3.05, 3.63) is 0 Å². The molecule has 0 aromatic heterocycles. The molecule has 2 nitrogen and oxygen atoms in total. The maximum atomic E-state index is 2.47. The maximum Gasteiger partial charge on any atom is 0.0122 e. The van der Waals surface area contributed by atoms with Crippen molar-refractivity contribution in [3.63, 3.8) is 0 Å². The first kappa shape index (κ1) is 11.0. The van der Waals surface area contributed by atoms with Gasteiger partial charge in [0.05, 0.1) is 0 Å². The lowest BCUT2D eigenvalue weighted by Gasteiger charge is -2.33. The molecular weight excluding hydrogens is 160 g/mol. The zero-order valence-electron chi connectivity index (χ0n) is 9.80. The van der Waals surface area contributed by atoms with Gasteiger partial charge < -0.3 is 9.80 Å². The van der Waals surface area contributed by atoms with Gasteiger partial charge in [-0.25, -0.2) is 0 Å². The lowest BCUT2D eigenvalue weighted by Crippen LogP contribution is -2.41. The number of likely N-dealkylation sites (tertiary alicyclic amines) is 1. The summed E-state index contributed by atoms with van der Waals surface area (Å²) in [5.74, 6) is 0.884. The van der Waals surface area contributed by atoms with Crippen LogP contribution >= 0.6 is 0 Å². The summed E-state index contributed by atoms with van der Waals surface area (Å²) in [6.07, 6.45) is 1.37. The van der Waals surface area contributed by atoms with Crippen molar-refractivity contribution in [3.8, 4) is 0 Å². The molecule has 0 aliphatic carbocycles. The first-order chi connectivity index (χ1) is 5.89. The van der Waals surface area contributed by atoms with Crippen molar-refractivity contribution in [2.45, 2.75) is 32.7 Å². The van der Waals surface area contributed by atoms with Crippen LogP contribution in [0.4, 0.5) is 0 Å². The van der Waals surface area contributed by atoms with Crippen LogP contribution in [-0.2, 0) is 0 Å². The molecule has 1 saturated heterocycles. The van der Waals surface area contributed by atoms with Gasteiger partial charge >= 0.3 is 0 Å². The van der Waals surface area contributed by atoms with Crippen LogP contribution in [0.2, 0.25) is 0 Å². The largest absolute Gasteiger partial charge is 0.306 e. The average Bonchev–Trinajstić information content (AvgIpc) is 2.33. The summed E-state index contributed by atoms with van der Waals surface area (Å²) < 4.78 is 0. The molecule has 13 heavy (non-hydrogen) atoms. The van der Waals surface area contributed by atoms with Crippen molar-refractivity contribution in [2.75, 3.05) is 33.7 Å². The van der Waals surface area contributed by atoms with Crippen molar-refractivity contribution in [1.82, 2.24) is 9.80 Å². The molecular formula is C11H24N2. The van der Waals surface area contributed by atoms with Crippen LogP contribution in [-0.4, -0.2) is 49.1 Å². The van der Waals surface area contributed by atoms with E-state index in [2.05, 4.69) is 44.7 Å². The van der Waals surface area contributed by atoms with E-state index in [4.69, 9.17) is 0 Å². The van der Waals surface area contributed by atoms with Gasteiger partial charge in [0.15, 0.2) is 0 Å². The Balaban J connectivity index is 2.33. The molecule has 0 radical (unpaired) electrons. The molecule has 1 aliphatic rings. The fourth-order valence-electron chi connectivity index (χ4n) is 1.84. The summed E-state index contributed by atoms with van der Waals surface area (Å²) in [5.41, 5.74) is 0.321. The topological polar surface area (TPSA) is 6.48 Å². The molecule has 0 amide bonds. The van der Waals surface area contributed by atoms with Crippen LogP contribution < -0.4 is 0 Å². The standard InChI is InChI=1S/C11H24N2/c1-11(2,3)13(5)9-10-6-7-12(4)8-10/h10H,6-9H2,1-5H3. The molecule has 1 heterocycles. The number of nitrogens with zero attached hydrogens (tertiary/aromatic N) is 2. The summed E-state index contributed by atoms with van der Waals surface area (Å²) >= 11 is 0. The third-order valence-corrected chi connectivity index (χ3v) is 3.17. The molecule has 2 heteroatoms. The maximum absolute atomic E-state index is 2.47. The van der Waals surface area contributed by atoms with Crippen molar-refractivity contribution in [2.24, 2.45) is 5.92 Å². The van der Waals surface area contributed by atoms with E-state index in [-0.39, 0.29) is 0 Å². The molecule has 0 N–H and O–H groups in total. The highest BCUT2D eigenvalue weighted by atomic mass is 15.2. The second-order valence-corrected chi connectivity index (χ2v) is 5.47. The van der Waals surface area contributed by atoms with Crippen LogP contribution in [0.5, 0.6) is 0 Å². The van der Waals surface area contributed by atoms with E-state index in [1.165, 1.54) is 26.1 Å². The summed E-state index contributed by atoms with van der Waals surface area (Å²) in [5, 5.41) is 0. The van der Waals surface area contributed by atoms with Gasteiger partial charge in [0.2, 0.25) is 0 Å². The number of rotatable bonds is 2. The molecule has 1 fully saturated rings. The quantitative estimate of drug-likeness (QED) is 0.644. The molecule has 1 atom stereocenters. The van der Waals surface area contributed by atoms with E-state index >= 15 is 0 Å². The third-order valence-electron chi connectivity index (χ3n) is 3.17. The normalized spacial score (nSPS) is 25.8. The molecule has 0 aromatic rings. The first-order valence-electron chi connectivity index (χ1n) is 5.29. The molecule has 1 rings (SSSR count). The highest BCUT2D eigenvalue weighted by molar-refractivity contribution is 4.80. The van der Waals surface area contributed by atoms with E-state index in [0.717, 1.165) is 5.92 Å². The molecule has 1 unspecified atom stereocenters. The Kier molecular flexibility index (Phi) is 3.36. The van der Waals surface area contributed by atoms with E-state index < -0.39 is 0 Å². The second kappa shape index (κ2) is 3.97. The summed E-state index contributed by atoms with van der Waals surface area (Å²) in [6.45, 7) is 10.7. The SMILES string of the molecule is CN1CCC(CN(C)C(C)(C)C)C1. The Hall–Kier alpha value is -0.0800. The molecule has 0 spiro atoms. The molecule has 78 valence electrons. The van der Waals surface area contributed by atoms with Crippen LogP contribution in [0.25, 0.3) is 0 Å². The monoisotopic (exact) mass is 184 g/mol. The van der Waals surface area contributed by atoms with Crippen LogP contribution in [0.1, 0.15) is 27.2 Å². The van der Waals surface area contributed by atoms with E-state index in [9.17, 15) is 0 Å². The minimum atomic E-state index is 0.321. The van der Waals surface area contributed by atoms with Crippen LogP contribution in [0, 0.1) is 5.92 Å². The average molecular weight is 184 g/mol. The second-order valence-electron chi connectivity index (χ2n) is 5.47. The Morgan fingerprint density at radius 3 is 2.38 bits per heavy atom. The Morgan fingerprint density at radius 1 is 1.38 bits per heavy atom. The van der Waals surface area contributed by atoms with E-state index in [1.54, 1.807) is 0 Å². The van der Waals surface area contributed by atoms with E-state index in [1.807, 2.05) is 0 Å². The third kappa shape index (κ3) is 3.28. The predicted molar refractivity (Wildman–Crippen MR) is 58.0 cm³/mol. The van der Waals surface area contributed by atoms with E-state index in [0.29, 0.717) is 5.54 Å². The molecule has 1 aliphatic heterocycles. The van der Waals surface area contributed by atoms with Crippen molar-refractivity contribution < 1.29 is 0 Å². The lowest BCUT2D eigenvalue weighted by molar-refractivity contribution is 0.150. The van der Waals surface area contributed by atoms with Gasteiger partial charge in [-0.15, -0.1) is 0 Å². The van der Waals surface area contributed by atoms with Gasteiger partial charge in [0, 0.05) is 18.6 Å². The molecule has 0 saturated carbocycles. The zero-order chi connectivity index (χ0) is 10.1. The fourth-order valence-corrected chi connectivity index (χ4v) is 1.84. The summed E-state index contributed by atoms with van der Waals surface area (Å²) in [6, 6.07) is 0. The Morgan fingerprint density at radius 2 is 2.00 bits per heavy atom. The first-order valence-corrected chi connectivity index (χ1v) is 5.29. The summed E-state index contributed by atoms with van der Waals surface area (Å²) in [4.78, 5) is 4.90. The minimum Gasteiger partial charge on any atom is -0.306 e. The van der Waals surface area contributed by atoms with Gasteiger partial charge in [-0.05, 0) is 53.8 Å². The molecule has 0 bridgehead atoms. The van der Waals surface area contributed by atoms with Crippen LogP contribution in [0.15, 0.2) is 0 Å². The lowest BCUT2D eigenvalue weighted by atomic mass is 10.0. The predicted octanol–water partition coefficient (Wildman–Crippen LogP) is 1.67. The number of hydrogen-bond acceptors (Lipinski definition) is 2. The Bertz CT molecular complexity index is 160. The summed E-state index contributed by atoms with van der Waals surface area (Å²) in [7, 11) is 4.45. The van der Waals surface area contributed by atoms with Gasteiger partial charge in [-0.1, -0.05) is 0 Å².